The molecule has 0 spiro atoms. The van der Waals surface area contributed by atoms with E-state index in [2.05, 4.69) is 15.7 Å². The van der Waals surface area contributed by atoms with E-state index in [4.69, 9.17) is 21.1 Å². The molecule has 3 aromatic rings. The smallest absolute Gasteiger partial charge is 0.259 e. The Labute approximate surface area is 186 Å². The Bertz CT molecular complexity index is 1060. The molecule has 2 aromatic carbocycles. The summed E-state index contributed by atoms with van der Waals surface area (Å²) in [6, 6.07) is 12.8. The lowest BCUT2D eigenvalue weighted by Gasteiger charge is -2.24. The Morgan fingerprint density at radius 1 is 1.13 bits per heavy atom. The summed E-state index contributed by atoms with van der Waals surface area (Å²) in [6.45, 7) is 1.81. The normalized spacial score (nSPS) is 14.3. The average Bonchev–Trinajstić information content (AvgIpc) is 3.25. The zero-order valence-electron chi connectivity index (χ0n) is 17.5. The Morgan fingerprint density at radius 2 is 1.87 bits per heavy atom. The number of piperidine rings is 1. The molecule has 0 saturated carbocycles. The molecule has 1 amide bonds. The van der Waals surface area contributed by atoms with Gasteiger partial charge in [-0.1, -0.05) is 11.6 Å². The Hall–Kier alpha value is -3.03. The van der Waals surface area contributed by atoms with E-state index in [0.29, 0.717) is 27.8 Å². The van der Waals surface area contributed by atoms with Gasteiger partial charge >= 0.3 is 0 Å². The Balaban J connectivity index is 1.72. The Morgan fingerprint density at radius 3 is 2.55 bits per heavy atom. The zero-order valence-corrected chi connectivity index (χ0v) is 18.3. The van der Waals surface area contributed by atoms with Crippen LogP contribution in [0.4, 0.5) is 5.69 Å². The zero-order chi connectivity index (χ0) is 21.8. The summed E-state index contributed by atoms with van der Waals surface area (Å²) in [4.78, 5) is 13.3. The highest BCUT2D eigenvalue weighted by atomic mass is 35.5. The van der Waals surface area contributed by atoms with Crippen molar-refractivity contribution < 1.29 is 14.3 Å². The molecule has 7 nitrogen and oxygen atoms in total. The predicted molar refractivity (Wildman–Crippen MR) is 121 cm³/mol. The van der Waals surface area contributed by atoms with Crippen LogP contribution < -0.4 is 20.1 Å². The van der Waals surface area contributed by atoms with Crippen LogP contribution in [0.3, 0.4) is 0 Å². The number of methoxy groups -OCH3 is 2. The maximum Gasteiger partial charge on any atom is 0.259 e. The second-order valence-electron chi connectivity index (χ2n) is 7.38. The van der Waals surface area contributed by atoms with Gasteiger partial charge in [-0.3, -0.25) is 4.79 Å². The summed E-state index contributed by atoms with van der Waals surface area (Å²) < 4.78 is 12.5. The van der Waals surface area contributed by atoms with Crippen molar-refractivity contribution >= 4 is 23.2 Å². The van der Waals surface area contributed by atoms with Gasteiger partial charge in [-0.15, -0.1) is 0 Å². The van der Waals surface area contributed by atoms with Crippen LogP contribution in [0.5, 0.6) is 11.5 Å². The number of anilines is 1. The van der Waals surface area contributed by atoms with Crippen LogP contribution in [0.2, 0.25) is 5.02 Å². The highest BCUT2D eigenvalue weighted by molar-refractivity contribution is 6.30. The molecular formula is C23H25ClN4O3. The van der Waals surface area contributed by atoms with E-state index < -0.39 is 0 Å². The van der Waals surface area contributed by atoms with Crippen molar-refractivity contribution in [3.63, 3.8) is 0 Å². The van der Waals surface area contributed by atoms with E-state index in [-0.39, 0.29) is 11.8 Å². The summed E-state index contributed by atoms with van der Waals surface area (Å²) >= 11 is 6.06. The van der Waals surface area contributed by atoms with Gasteiger partial charge in [-0.05, 0) is 62.3 Å². The van der Waals surface area contributed by atoms with Crippen molar-refractivity contribution in [3.05, 3.63) is 64.9 Å². The molecule has 162 valence electrons. The molecule has 0 bridgehead atoms. The predicted octanol–water partition coefficient (Wildman–Crippen LogP) is 4.26. The molecule has 4 rings (SSSR count). The first kappa shape index (κ1) is 21.2. The number of carbonyl (C=O) groups excluding carboxylic acids is 1. The number of nitrogens with one attached hydrogen (secondary N) is 2. The van der Waals surface area contributed by atoms with Crippen molar-refractivity contribution in [1.82, 2.24) is 15.1 Å². The number of carbonyl (C=O) groups is 1. The van der Waals surface area contributed by atoms with Crippen LogP contribution >= 0.6 is 11.6 Å². The molecule has 0 unspecified atom stereocenters. The number of hydrogen-bond donors (Lipinski definition) is 2. The maximum atomic E-state index is 13.3. The van der Waals surface area contributed by atoms with Gasteiger partial charge in [0.2, 0.25) is 0 Å². The SMILES string of the molecule is COc1ccc(OC)c(NC(=O)c2cnn(-c3ccc(Cl)cc3)c2C2CCNCC2)c1. The first-order chi connectivity index (χ1) is 15.1. The van der Waals surface area contributed by atoms with Gasteiger partial charge in [0.25, 0.3) is 5.91 Å². The van der Waals surface area contributed by atoms with Crippen LogP contribution in [0.1, 0.15) is 34.8 Å². The minimum Gasteiger partial charge on any atom is -0.497 e. The molecule has 0 aliphatic carbocycles. The first-order valence-corrected chi connectivity index (χ1v) is 10.6. The van der Waals surface area contributed by atoms with Crippen LogP contribution in [0, 0.1) is 0 Å². The molecule has 0 radical (unpaired) electrons. The number of amides is 1. The number of hydrogen-bond acceptors (Lipinski definition) is 5. The standard InChI is InChI=1S/C23H25ClN4O3/c1-30-18-7-8-21(31-2)20(13-18)27-23(29)19-14-26-28(17-5-3-16(24)4-6-17)22(19)15-9-11-25-12-10-15/h3-8,13-15,25H,9-12H2,1-2H3,(H,27,29). The summed E-state index contributed by atoms with van der Waals surface area (Å²) in [7, 11) is 3.15. The number of benzene rings is 2. The van der Waals surface area contributed by atoms with Gasteiger partial charge in [-0.25, -0.2) is 4.68 Å². The number of nitrogens with zero attached hydrogens (tertiary/aromatic N) is 2. The summed E-state index contributed by atoms with van der Waals surface area (Å²) in [5.41, 5.74) is 2.87. The van der Waals surface area contributed by atoms with Gasteiger partial charge in [0.15, 0.2) is 0 Å². The van der Waals surface area contributed by atoms with E-state index in [9.17, 15) is 4.79 Å². The second-order valence-corrected chi connectivity index (χ2v) is 7.81. The van der Waals surface area contributed by atoms with Crippen molar-refractivity contribution in [2.75, 3.05) is 32.6 Å². The van der Waals surface area contributed by atoms with Gasteiger partial charge in [-0.2, -0.15) is 5.10 Å². The van der Waals surface area contributed by atoms with Crippen molar-refractivity contribution in [1.29, 1.82) is 0 Å². The molecular weight excluding hydrogens is 416 g/mol. The molecule has 0 atom stereocenters. The fourth-order valence-corrected chi connectivity index (χ4v) is 4.04. The molecule has 1 aromatic heterocycles. The summed E-state index contributed by atoms with van der Waals surface area (Å²) in [6.07, 6.45) is 3.50. The topological polar surface area (TPSA) is 77.4 Å². The van der Waals surface area contributed by atoms with Gasteiger partial charge in [0.05, 0.1) is 43.0 Å². The van der Waals surface area contributed by atoms with Gasteiger partial charge in [0.1, 0.15) is 11.5 Å². The van der Waals surface area contributed by atoms with E-state index in [0.717, 1.165) is 37.3 Å². The third kappa shape index (κ3) is 4.52. The quantitative estimate of drug-likeness (QED) is 0.598. The largest absolute Gasteiger partial charge is 0.497 e. The maximum absolute atomic E-state index is 13.3. The minimum absolute atomic E-state index is 0.215. The highest BCUT2D eigenvalue weighted by Gasteiger charge is 2.27. The summed E-state index contributed by atoms with van der Waals surface area (Å²) in [5.74, 6) is 1.17. The highest BCUT2D eigenvalue weighted by Crippen LogP contribution is 2.33. The third-order valence-corrected chi connectivity index (χ3v) is 5.75. The van der Waals surface area contributed by atoms with E-state index >= 15 is 0 Å². The molecule has 2 N–H and O–H groups in total. The lowest BCUT2D eigenvalue weighted by Crippen LogP contribution is -2.29. The fraction of sp³-hybridized carbons (Fsp3) is 0.304. The van der Waals surface area contributed by atoms with Gasteiger partial charge in [0, 0.05) is 17.0 Å². The van der Waals surface area contributed by atoms with Crippen LogP contribution in [0.25, 0.3) is 5.69 Å². The van der Waals surface area contributed by atoms with Crippen molar-refractivity contribution in [2.24, 2.45) is 0 Å². The van der Waals surface area contributed by atoms with E-state index in [1.54, 1.807) is 38.6 Å². The monoisotopic (exact) mass is 440 g/mol. The molecule has 1 saturated heterocycles. The molecule has 8 heteroatoms. The number of rotatable bonds is 6. The van der Waals surface area contributed by atoms with E-state index in [1.165, 1.54) is 0 Å². The Kier molecular flexibility index (Phi) is 6.44. The first-order valence-electron chi connectivity index (χ1n) is 10.2. The molecule has 2 heterocycles. The number of aromatic nitrogens is 2. The van der Waals surface area contributed by atoms with Crippen LogP contribution in [0.15, 0.2) is 48.7 Å². The summed E-state index contributed by atoms with van der Waals surface area (Å²) in [5, 5.41) is 11.6. The van der Waals surface area contributed by atoms with Crippen LogP contribution in [-0.4, -0.2) is 43.0 Å². The molecule has 31 heavy (non-hydrogen) atoms. The fourth-order valence-electron chi connectivity index (χ4n) is 3.91. The number of ether oxygens (including phenoxy) is 2. The third-order valence-electron chi connectivity index (χ3n) is 5.50. The number of halogens is 1. The second kappa shape index (κ2) is 9.41. The van der Waals surface area contributed by atoms with Crippen LogP contribution in [-0.2, 0) is 0 Å². The van der Waals surface area contributed by atoms with Gasteiger partial charge < -0.3 is 20.1 Å². The minimum atomic E-state index is -0.236. The average molecular weight is 441 g/mol. The molecule has 1 aliphatic heterocycles. The lowest BCUT2D eigenvalue weighted by atomic mass is 9.91. The van der Waals surface area contributed by atoms with E-state index in [1.807, 2.05) is 28.9 Å². The molecule has 1 fully saturated rings. The lowest BCUT2D eigenvalue weighted by molar-refractivity contribution is 0.102. The molecule has 1 aliphatic rings. The van der Waals surface area contributed by atoms with Crippen molar-refractivity contribution in [2.45, 2.75) is 18.8 Å². The van der Waals surface area contributed by atoms with Crippen molar-refractivity contribution in [3.8, 4) is 17.2 Å².